The van der Waals surface area contributed by atoms with Crippen LogP contribution in [0.1, 0.15) is 12.8 Å². The summed E-state index contributed by atoms with van der Waals surface area (Å²) in [6, 6.07) is 0.521. The first-order chi connectivity index (χ1) is 6.88. The van der Waals surface area contributed by atoms with Gasteiger partial charge in [0.25, 0.3) is 0 Å². The molecule has 0 aromatic heterocycles. The van der Waals surface area contributed by atoms with Gasteiger partial charge in [0.2, 0.25) is 0 Å². The van der Waals surface area contributed by atoms with Gasteiger partial charge in [0.15, 0.2) is 0 Å². The Bertz CT molecular complexity index is 138. The van der Waals surface area contributed by atoms with E-state index in [1.54, 1.807) is 7.11 Å². The highest BCUT2D eigenvalue weighted by molar-refractivity contribution is 4.73. The molecule has 0 saturated carbocycles. The largest absolute Gasteiger partial charge is 0.383 e. The van der Waals surface area contributed by atoms with Crippen molar-refractivity contribution in [2.45, 2.75) is 18.9 Å². The molecule has 1 rings (SSSR count). The molecule has 1 aliphatic rings. The number of hydrogen-bond donors (Lipinski definition) is 1. The number of nitrogens with two attached hydrogens (primary N) is 1. The highest BCUT2D eigenvalue weighted by Gasteiger charge is 2.19. The number of hydrogen-bond acceptors (Lipinski definition) is 4. The van der Waals surface area contributed by atoms with E-state index in [1.807, 2.05) is 0 Å². The van der Waals surface area contributed by atoms with Crippen molar-refractivity contribution in [1.29, 1.82) is 0 Å². The van der Waals surface area contributed by atoms with Gasteiger partial charge in [-0.1, -0.05) is 0 Å². The van der Waals surface area contributed by atoms with Crippen molar-refractivity contribution < 1.29 is 9.47 Å². The lowest BCUT2D eigenvalue weighted by Gasteiger charge is -2.34. The lowest BCUT2D eigenvalue weighted by atomic mass is 10.1. The number of nitrogens with zero attached hydrogens (tertiary/aromatic N) is 1. The monoisotopic (exact) mass is 202 g/mol. The van der Waals surface area contributed by atoms with Crippen LogP contribution in [0.2, 0.25) is 0 Å². The lowest BCUT2D eigenvalue weighted by Crippen LogP contribution is -2.45. The van der Waals surface area contributed by atoms with E-state index in [0.29, 0.717) is 6.04 Å². The first kappa shape index (κ1) is 11.9. The first-order valence-corrected chi connectivity index (χ1v) is 5.39. The van der Waals surface area contributed by atoms with E-state index in [4.69, 9.17) is 15.2 Å². The van der Waals surface area contributed by atoms with Crippen LogP contribution in [-0.2, 0) is 9.47 Å². The van der Waals surface area contributed by atoms with Gasteiger partial charge in [-0.05, 0) is 19.4 Å². The van der Waals surface area contributed by atoms with Crippen LogP contribution in [0.5, 0.6) is 0 Å². The van der Waals surface area contributed by atoms with E-state index in [-0.39, 0.29) is 0 Å². The zero-order chi connectivity index (χ0) is 10.2. The van der Waals surface area contributed by atoms with E-state index in [2.05, 4.69) is 4.90 Å². The minimum absolute atomic E-state index is 0.521. The van der Waals surface area contributed by atoms with E-state index in [0.717, 1.165) is 52.3 Å². The van der Waals surface area contributed by atoms with E-state index in [9.17, 15) is 0 Å². The van der Waals surface area contributed by atoms with Crippen LogP contribution < -0.4 is 5.73 Å². The molecule has 1 unspecified atom stereocenters. The maximum Gasteiger partial charge on any atom is 0.0618 e. The Morgan fingerprint density at radius 2 is 2.14 bits per heavy atom. The fraction of sp³-hybridized carbons (Fsp3) is 1.00. The van der Waals surface area contributed by atoms with E-state index >= 15 is 0 Å². The van der Waals surface area contributed by atoms with Crippen molar-refractivity contribution in [3.63, 3.8) is 0 Å². The summed E-state index contributed by atoms with van der Waals surface area (Å²) < 4.78 is 10.6. The van der Waals surface area contributed by atoms with Crippen LogP contribution in [0.3, 0.4) is 0 Å². The summed E-state index contributed by atoms with van der Waals surface area (Å²) in [6.45, 7) is 5.33. The molecule has 4 nitrogen and oxygen atoms in total. The Morgan fingerprint density at radius 3 is 2.71 bits per heavy atom. The molecule has 0 bridgehead atoms. The molecule has 84 valence electrons. The fourth-order valence-corrected chi connectivity index (χ4v) is 1.86. The van der Waals surface area contributed by atoms with Gasteiger partial charge in [-0.2, -0.15) is 0 Å². The van der Waals surface area contributed by atoms with Crippen molar-refractivity contribution in [2.24, 2.45) is 5.73 Å². The summed E-state index contributed by atoms with van der Waals surface area (Å²) in [5.74, 6) is 0. The van der Waals surface area contributed by atoms with Gasteiger partial charge in [-0.3, -0.25) is 4.90 Å². The minimum atomic E-state index is 0.521. The Balaban J connectivity index is 2.30. The van der Waals surface area contributed by atoms with Gasteiger partial charge in [0.05, 0.1) is 19.8 Å². The second kappa shape index (κ2) is 7.17. The minimum Gasteiger partial charge on any atom is -0.383 e. The van der Waals surface area contributed by atoms with Gasteiger partial charge in [-0.15, -0.1) is 0 Å². The third-order valence-corrected chi connectivity index (χ3v) is 2.66. The topological polar surface area (TPSA) is 47.7 Å². The molecule has 0 aromatic rings. The third-order valence-electron chi connectivity index (χ3n) is 2.66. The zero-order valence-electron chi connectivity index (χ0n) is 9.08. The van der Waals surface area contributed by atoms with Crippen LogP contribution in [0.4, 0.5) is 0 Å². The summed E-state index contributed by atoms with van der Waals surface area (Å²) in [5, 5.41) is 0. The number of methoxy groups -OCH3 is 1. The maximum atomic E-state index is 5.52. The van der Waals surface area contributed by atoms with Crippen molar-refractivity contribution in [1.82, 2.24) is 4.90 Å². The molecular formula is C10H22N2O2. The van der Waals surface area contributed by atoms with Crippen LogP contribution in [0.25, 0.3) is 0 Å². The number of morpholine rings is 1. The van der Waals surface area contributed by atoms with Crippen molar-refractivity contribution in [3.05, 3.63) is 0 Å². The standard InChI is InChI=1S/C10H22N2O2/c1-13-9-10(3-2-4-11)12-5-7-14-8-6-12/h10H,2-9,11H2,1H3. The number of rotatable bonds is 6. The summed E-state index contributed by atoms with van der Waals surface area (Å²) in [5.41, 5.74) is 5.52. The maximum absolute atomic E-state index is 5.52. The molecule has 0 aliphatic carbocycles. The van der Waals surface area contributed by atoms with Crippen molar-refractivity contribution >= 4 is 0 Å². The highest BCUT2D eigenvalue weighted by atomic mass is 16.5. The van der Waals surface area contributed by atoms with Crippen LogP contribution in [-0.4, -0.2) is 57.5 Å². The summed E-state index contributed by atoms with van der Waals surface area (Å²) >= 11 is 0. The van der Waals surface area contributed by atoms with Gasteiger partial charge in [0.1, 0.15) is 0 Å². The zero-order valence-corrected chi connectivity index (χ0v) is 9.08. The molecule has 2 N–H and O–H groups in total. The molecule has 4 heteroatoms. The second-order valence-corrected chi connectivity index (χ2v) is 3.69. The summed E-state index contributed by atoms with van der Waals surface area (Å²) in [6.07, 6.45) is 2.20. The molecule has 14 heavy (non-hydrogen) atoms. The van der Waals surface area contributed by atoms with Gasteiger partial charge < -0.3 is 15.2 Å². The molecule has 0 amide bonds. The molecule has 1 atom stereocenters. The van der Waals surface area contributed by atoms with Crippen LogP contribution in [0.15, 0.2) is 0 Å². The van der Waals surface area contributed by atoms with Gasteiger partial charge >= 0.3 is 0 Å². The molecule has 0 radical (unpaired) electrons. The Kier molecular flexibility index (Phi) is 6.10. The molecule has 0 spiro atoms. The van der Waals surface area contributed by atoms with Crippen molar-refractivity contribution in [3.8, 4) is 0 Å². The van der Waals surface area contributed by atoms with Gasteiger partial charge in [0, 0.05) is 26.2 Å². The molecule has 1 saturated heterocycles. The van der Waals surface area contributed by atoms with Crippen molar-refractivity contribution in [2.75, 3.05) is 46.6 Å². The van der Waals surface area contributed by atoms with E-state index < -0.39 is 0 Å². The van der Waals surface area contributed by atoms with Crippen LogP contribution >= 0.6 is 0 Å². The quantitative estimate of drug-likeness (QED) is 0.662. The molecule has 1 fully saturated rings. The smallest absolute Gasteiger partial charge is 0.0618 e. The highest BCUT2D eigenvalue weighted by Crippen LogP contribution is 2.09. The average molecular weight is 202 g/mol. The molecule has 1 heterocycles. The predicted molar refractivity (Wildman–Crippen MR) is 56.3 cm³/mol. The molecular weight excluding hydrogens is 180 g/mol. The predicted octanol–water partition coefficient (Wildman–Crippen LogP) is 0.0725. The molecule has 0 aromatic carbocycles. The summed E-state index contributed by atoms with van der Waals surface area (Å²) in [4.78, 5) is 2.45. The molecule has 1 aliphatic heterocycles. The Morgan fingerprint density at radius 1 is 1.43 bits per heavy atom. The van der Waals surface area contributed by atoms with Crippen LogP contribution in [0, 0.1) is 0 Å². The Labute approximate surface area is 86.3 Å². The third kappa shape index (κ3) is 3.92. The number of ether oxygens (including phenoxy) is 2. The normalized spacial score (nSPS) is 21.0. The summed E-state index contributed by atoms with van der Waals surface area (Å²) in [7, 11) is 1.76. The second-order valence-electron chi connectivity index (χ2n) is 3.69. The lowest BCUT2D eigenvalue weighted by molar-refractivity contribution is -0.00556. The fourth-order valence-electron chi connectivity index (χ4n) is 1.86. The van der Waals surface area contributed by atoms with Gasteiger partial charge in [-0.25, -0.2) is 0 Å². The van der Waals surface area contributed by atoms with E-state index in [1.165, 1.54) is 0 Å². The average Bonchev–Trinajstić information content (AvgIpc) is 2.25. The first-order valence-electron chi connectivity index (χ1n) is 5.39. The SMILES string of the molecule is COCC(CCCN)N1CCOCC1. The Hall–Kier alpha value is -0.160.